The van der Waals surface area contributed by atoms with E-state index in [9.17, 15) is 19.5 Å². The summed E-state index contributed by atoms with van der Waals surface area (Å²) < 4.78 is 6.60. The summed E-state index contributed by atoms with van der Waals surface area (Å²) in [6.45, 7) is 0.465. The van der Waals surface area contributed by atoms with Crippen LogP contribution in [0.25, 0.3) is 0 Å². The maximum atomic E-state index is 12.3. The van der Waals surface area contributed by atoms with Crippen LogP contribution in [0.4, 0.5) is 5.82 Å². The fraction of sp³-hybridized carbons (Fsp3) is 0.471. The van der Waals surface area contributed by atoms with E-state index >= 15 is 0 Å². The summed E-state index contributed by atoms with van der Waals surface area (Å²) in [6.07, 6.45) is 2.47. The lowest BCUT2D eigenvalue weighted by molar-refractivity contribution is -0.419. The molecule has 0 saturated carbocycles. The molecule has 164 valence electrons. The van der Waals surface area contributed by atoms with Gasteiger partial charge in [0.2, 0.25) is 5.91 Å². The number of amides is 1. The van der Waals surface area contributed by atoms with Crippen molar-refractivity contribution in [2.24, 2.45) is 5.73 Å². The Labute approximate surface area is 172 Å². The summed E-state index contributed by atoms with van der Waals surface area (Å²) in [6, 6.07) is 0.215. The maximum Gasteiger partial charge on any atom is 0.351 e. The molecule has 0 aliphatic carbocycles. The van der Waals surface area contributed by atoms with Gasteiger partial charge >= 0.3 is 11.7 Å². The fourth-order valence-electron chi connectivity index (χ4n) is 2.82. The van der Waals surface area contributed by atoms with Crippen molar-refractivity contribution in [3.05, 3.63) is 34.9 Å². The average molecular weight is 423 g/mol. The third-order valence-electron chi connectivity index (χ3n) is 4.55. The van der Waals surface area contributed by atoms with Crippen LogP contribution in [-0.2, 0) is 14.3 Å². The monoisotopic (exact) mass is 423 g/mol. The van der Waals surface area contributed by atoms with Crippen LogP contribution in [0.1, 0.15) is 19.1 Å². The van der Waals surface area contributed by atoms with Gasteiger partial charge in [0, 0.05) is 26.2 Å². The summed E-state index contributed by atoms with van der Waals surface area (Å²) in [5, 5.41) is 19.4. The number of aliphatic carboxylic acids is 1. The van der Waals surface area contributed by atoms with E-state index < -0.39 is 35.9 Å². The fourth-order valence-corrected chi connectivity index (χ4v) is 2.82. The van der Waals surface area contributed by atoms with Crippen molar-refractivity contribution in [2.45, 2.75) is 37.3 Å². The van der Waals surface area contributed by atoms with Crippen LogP contribution >= 0.6 is 0 Å². The highest BCUT2D eigenvalue weighted by atomic mass is 16.5. The van der Waals surface area contributed by atoms with Crippen molar-refractivity contribution in [1.29, 1.82) is 5.41 Å². The predicted octanol–water partition coefficient (Wildman–Crippen LogP) is -2.94. The van der Waals surface area contributed by atoms with E-state index in [4.69, 9.17) is 21.6 Å². The summed E-state index contributed by atoms with van der Waals surface area (Å²) >= 11 is 0. The van der Waals surface area contributed by atoms with Gasteiger partial charge in [0.15, 0.2) is 18.3 Å². The highest BCUT2D eigenvalue weighted by molar-refractivity contribution is 5.80. The molecular formula is C17H27N8O5+. The first kappa shape index (κ1) is 22.8. The molecular weight excluding hydrogens is 396 g/mol. The van der Waals surface area contributed by atoms with Crippen molar-refractivity contribution >= 4 is 23.7 Å². The topological polar surface area (TPSA) is 217 Å². The van der Waals surface area contributed by atoms with Gasteiger partial charge in [-0.1, -0.05) is 6.08 Å². The number of nitrogen functional groups attached to an aromatic ring is 1. The Morgan fingerprint density at radius 1 is 1.50 bits per heavy atom. The van der Waals surface area contributed by atoms with Gasteiger partial charge in [0.25, 0.3) is 0 Å². The molecule has 1 aromatic rings. The highest BCUT2D eigenvalue weighted by Gasteiger charge is 2.35. The van der Waals surface area contributed by atoms with Crippen LogP contribution < -0.4 is 28.2 Å². The number of carbonyl (C=O) groups excluding carboxylic acids is 1. The molecule has 0 spiro atoms. The van der Waals surface area contributed by atoms with Crippen LogP contribution in [-0.4, -0.2) is 69.2 Å². The molecule has 1 amide bonds. The van der Waals surface area contributed by atoms with Gasteiger partial charge in [-0.3, -0.25) is 14.8 Å². The number of quaternary nitrogens is 1. The SMILES string of the molecule is CN(CC[C@H]([NH3+])CC(=O)N[C@H]1C=C[C@H](n2ccc(N)nc2=O)O[C@@H]1C(=O)O)C(=N)N. The second-order valence-electron chi connectivity index (χ2n) is 6.97. The number of nitrogens with zero attached hydrogens (tertiary/aromatic N) is 3. The smallest absolute Gasteiger partial charge is 0.351 e. The second kappa shape index (κ2) is 9.84. The second-order valence-corrected chi connectivity index (χ2v) is 6.97. The minimum Gasteiger partial charge on any atom is -0.479 e. The van der Waals surface area contributed by atoms with Gasteiger partial charge in [-0.15, -0.1) is 0 Å². The molecule has 0 aromatic carbocycles. The number of aromatic nitrogens is 2. The van der Waals surface area contributed by atoms with Crippen LogP contribution in [0.15, 0.2) is 29.2 Å². The van der Waals surface area contributed by atoms with Crippen molar-refractivity contribution in [3.63, 3.8) is 0 Å². The molecule has 13 nitrogen and oxygen atoms in total. The lowest BCUT2D eigenvalue weighted by atomic mass is 10.1. The summed E-state index contributed by atoms with van der Waals surface area (Å²) in [5.74, 6) is -1.73. The Balaban J connectivity index is 2.01. The highest BCUT2D eigenvalue weighted by Crippen LogP contribution is 2.20. The number of carbonyl (C=O) groups is 2. The van der Waals surface area contributed by atoms with Gasteiger partial charge in [-0.05, 0) is 12.1 Å². The molecule has 1 aliphatic rings. The number of nitrogens with one attached hydrogen (secondary N) is 2. The number of nitrogens with two attached hydrogens (primary N) is 2. The number of hydrogen-bond donors (Lipinski definition) is 6. The van der Waals surface area contributed by atoms with Crippen molar-refractivity contribution in [2.75, 3.05) is 19.3 Å². The first-order chi connectivity index (χ1) is 14.1. The molecule has 4 atom stereocenters. The number of carboxylic acids is 1. The summed E-state index contributed by atoms with van der Waals surface area (Å²) in [7, 11) is 1.66. The van der Waals surface area contributed by atoms with E-state index in [2.05, 4.69) is 16.0 Å². The van der Waals surface area contributed by atoms with Crippen molar-refractivity contribution < 1.29 is 25.2 Å². The first-order valence-electron chi connectivity index (χ1n) is 9.17. The Bertz CT molecular complexity index is 885. The van der Waals surface area contributed by atoms with E-state index in [1.165, 1.54) is 29.3 Å². The van der Waals surface area contributed by atoms with E-state index in [0.29, 0.717) is 13.0 Å². The Morgan fingerprint density at radius 2 is 2.20 bits per heavy atom. The molecule has 0 saturated heterocycles. The maximum absolute atomic E-state index is 12.3. The van der Waals surface area contributed by atoms with Gasteiger partial charge in [0.05, 0.1) is 18.5 Å². The zero-order valence-electron chi connectivity index (χ0n) is 16.5. The predicted molar refractivity (Wildman–Crippen MR) is 106 cm³/mol. The van der Waals surface area contributed by atoms with E-state index in [-0.39, 0.29) is 24.2 Å². The minimum atomic E-state index is -1.40. The van der Waals surface area contributed by atoms with Gasteiger partial charge in [0.1, 0.15) is 5.82 Å². The molecule has 13 heteroatoms. The van der Waals surface area contributed by atoms with E-state index in [0.717, 1.165) is 4.57 Å². The average Bonchev–Trinajstić information content (AvgIpc) is 2.66. The Hall–Kier alpha value is -3.45. The van der Waals surface area contributed by atoms with Crippen molar-refractivity contribution in [1.82, 2.24) is 19.8 Å². The van der Waals surface area contributed by atoms with E-state index in [1.807, 2.05) is 0 Å². The van der Waals surface area contributed by atoms with E-state index in [1.54, 1.807) is 7.05 Å². The molecule has 0 unspecified atom stereocenters. The van der Waals surface area contributed by atoms with Crippen LogP contribution in [0.5, 0.6) is 0 Å². The van der Waals surface area contributed by atoms with Gasteiger partial charge in [-0.2, -0.15) is 4.98 Å². The molecule has 1 aromatic heterocycles. The number of ether oxygens (including phenoxy) is 1. The zero-order valence-corrected chi connectivity index (χ0v) is 16.5. The number of anilines is 1. The van der Waals surface area contributed by atoms with Gasteiger partial charge < -0.3 is 37.3 Å². The van der Waals surface area contributed by atoms with Crippen LogP contribution in [0.2, 0.25) is 0 Å². The Morgan fingerprint density at radius 3 is 2.80 bits per heavy atom. The minimum absolute atomic E-state index is 0.0354. The normalized spacial score (nSPS) is 21.6. The number of hydrogen-bond acceptors (Lipinski definition) is 7. The third-order valence-corrected chi connectivity index (χ3v) is 4.55. The molecule has 2 rings (SSSR count). The quantitative estimate of drug-likeness (QED) is 0.143. The van der Waals surface area contributed by atoms with Crippen LogP contribution in [0, 0.1) is 5.41 Å². The number of guanidine groups is 1. The number of carboxylic acid groups (broad SMARTS) is 1. The third kappa shape index (κ3) is 6.02. The zero-order chi connectivity index (χ0) is 22.4. The summed E-state index contributed by atoms with van der Waals surface area (Å²) in [4.78, 5) is 41.0. The largest absolute Gasteiger partial charge is 0.479 e. The van der Waals surface area contributed by atoms with Gasteiger partial charge in [-0.25, -0.2) is 9.59 Å². The standard InChI is InChI=1S/C17H26N8O5/c1-24(16(20)21)6-4-9(18)8-12(26)22-10-2-3-13(30-14(10)15(27)28)25-7-5-11(19)23-17(25)29/h2-3,5,7,9-10,13-14H,4,6,8,18H2,1H3,(H3,20,21)(H,22,26)(H,27,28)(H2,19,23,29)/p+1/t9-,10-,13+,14-/m0/s1. The molecule has 2 heterocycles. The molecule has 30 heavy (non-hydrogen) atoms. The van der Waals surface area contributed by atoms with Crippen molar-refractivity contribution in [3.8, 4) is 0 Å². The lowest BCUT2D eigenvalue weighted by Gasteiger charge is -2.31. The number of rotatable bonds is 8. The molecule has 0 radical (unpaired) electrons. The molecule has 0 fully saturated rings. The summed E-state index contributed by atoms with van der Waals surface area (Å²) in [5.41, 5.74) is 14.0. The Kier molecular flexibility index (Phi) is 7.49. The lowest BCUT2D eigenvalue weighted by Crippen LogP contribution is -2.63. The van der Waals surface area contributed by atoms with Crippen LogP contribution in [0.3, 0.4) is 0 Å². The molecule has 1 aliphatic heterocycles. The first-order valence-corrected chi connectivity index (χ1v) is 9.17. The molecule has 0 bridgehead atoms. The molecule has 10 N–H and O–H groups in total.